The van der Waals surface area contributed by atoms with Gasteiger partial charge < -0.3 is 10.2 Å². The number of nitrogens with zero attached hydrogens (tertiary/aromatic N) is 1. The van der Waals surface area contributed by atoms with E-state index in [1.807, 2.05) is 7.05 Å². The molecule has 0 aromatic carbocycles. The topological polar surface area (TPSA) is 15.3 Å². The summed E-state index contributed by atoms with van der Waals surface area (Å²) >= 11 is 5.14. The molecular weight excluding hydrogens is 156 g/mol. The third-order valence-corrected chi connectivity index (χ3v) is 1.91. The molecule has 0 amide bonds. The number of thiocarbonyl (C=S) groups is 1. The summed E-state index contributed by atoms with van der Waals surface area (Å²) < 4.78 is 0. The molecule has 0 aliphatic heterocycles. The Kier molecular flexibility index (Phi) is 4.42. The van der Waals surface area contributed by atoms with E-state index in [2.05, 4.69) is 37.9 Å². The van der Waals surface area contributed by atoms with Gasteiger partial charge in [0.1, 0.15) is 0 Å². The fourth-order valence-electron chi connectivity index (χ4n) is 0.583. The fourth-order valence-corrected chi connectivity index (χ4v) is 1.03. The van der Waals surface area contributed by atoms with Crippen LogP contribution in [0.2, 0.25) is 0 Å². The van der Waals surface area contributed by atoms with Crippen molar-refractivity contribution in [2.45, 2.75) is 39.8 Å². The standard InChI is InChI=1S/C8H18N2S/c1-6(2)9-8(11)10(5)7(3)4/h6-7H,1-5H3,(H,9,11). The second kappa shape index (κ2) is 4.54. The Morgan fingerprint density at radius 3 is 2.00 bits per heavy atom. The van der Waals surface area contributed by atoms with Crippen molar-refractivity contribution in [3.05, 3.63) is 0 Å². The molecule has 0 fully saturated rings. The first-order valence-corrected chi connectivity index (χ1v) is 4.39. The van der Waals surface area contributed by atoms with Gasteiger partial charge in [0.15, 0.2) is 5.11 Å². The van der Waals surface area contributed by atoms with Crippen LogP contribution in [0.25, 0.3) is 0 Å². The number of hydrogen-bond donors (Lipinski definition) is 1. The van der Waals surface area contributed by atoms with Crippen LogP contribution in [0.15, 0.2) is 0 Å². The molecule has 0 aromatic heterocycles. The maximum Gasteiger partial charge on any atom is 0.169 e. The molecule has 0 saturated carbocycles. The summed E-state index contributed by atoms with van der Waals surface area (Å²) in [4.78, 5) is 2.05. The Labute approximate surface area is 75.0 Å². The Hall–Kier alpha value is -0.310. The molecule has 0 saturated heterocycles. The molecule has 66 valence electrons. The lowest BCUT2D eigenvalue weighted by Gasteiger charge is -2.26. The van der Waals surface area contributed by atoms with Crippen molar-refractivity contribution in [1.82, 2.24) is 10.2 Å². The Morgan fingerprint density at radius 1 is 1.27 bits per heavy atom. The van der Waals surface area contributed by atoms with Gasteiger partial charge in [0, 0.05) is 19.1 Å². The van der Waals surface area contributed by atoms with Gasteiger partial charge in [-0.15, -0.1) is 0 Å². The highest BCUT2D eigenvalue weighted by molar-refractivity contribution is 7.80. The number of nitrogens with one attached hydrogen (secondary N) is 1. The second-order valence-corrected chi connectivity index (χ2v) is 3.70. The van der Waals surface area contributed by atoms with Gasteiger partial charge in [0.05, 0.1) is 0 Å². The summed E-state index contributed by atoms with van der Waals surface area (Å²) in [6.07, 6.45) is 0. The van der Waals surface area contributed by atoms with Crippen molar-refractivity contribution in [3.63, 3.8) is 0 Å². The summed E-state index contributed by atoms with van der Waals surface area (Å²) in [7, 11) is 2.00. The first-order valence-electron chi connectivity index (χ1n) is 3.98. The predicted molar refractivity (Wildman–Crippen MR) is 53.8 cm³/mol. The normalized spacial score (nSPS) is 10.5. The molecule has 0 aromatic rings. The summed E-state index contributed by atoms with van der Waals surface area (Å²) in [6.45, 7) is 8.41. The zero-order chi connectivity index (χ0) is 9.02. The van der Waals surface area contributed by atoms with Gasteiger partial charge in [0.25, 0.3) is 0 Å². The minimum absolute atomic E-state index is 0.420. The van der Waals surface area contributed by atoms with E-state index in [4.69, 9.17) is 12.2 Å². The average Bonchev–Trinajstić information content (AvgIpc) is 1.84. The molecule has 0 atom stereocenters. The van der Waals surface area contributed by atoms with E-state index < -0.39 is 0 Å². The van der Waals surface area contributed by atoms with Gasteiger partial charge in [-0.2, -0.15) is 0 Å². The Balaban J connectivity index is 3.83. The lowest BCUT2D eigenvalue weighted by Crippen LogP contribution is -2.43. The molecule has 2 nitrogen and oxygen atoms in total. The highest BCUT2D eigenvalue weighted by Crippen LogP contribution is 1.94. The van der Waals surface area contributed by atoms with Gasteiger partial charge in [-0.25, -0.2) is 0 Å². The highest BCUT2D eigenvalue weighted by Gasteiger charge is 2.07. The first-order chi connectivity index (χ1) is 4.95. The monoisotopic (exact) mass is 174 g/mol. The van der Waals surface area contributed by atoms with E-state index in [0.29, 0.717) is 12.1 Å². The second-order valence-electron chi connectivity index (χ2n) is 3.31. The van der Waals surface area contributed by atoms with Crippen LogP contribution in [0.4, 0.5) is 0 Å². The summed E-state index contributed by atoms with van der Waals surface area (Å²) in [6, 6.07) is 0.887. The minimum Gasteiger partial charge on any atom is -0.360 e. The van der Waals surface area contributed by atoms with Crippen LogP contribution < -0.4 is 5.32 Å². The van der Waals surface area contributed by atoms with Crippen LogP contribution in [-0.2, 0) is 0 Å². The van der Waals surface area contributed by atoms with Crippen molar-refractivity contribution >= 4 is 17.3 Å². The Bertz CT molecular complexity index is 132. The predicted octanol–water partition coefficient (Wildman–Crippen LogP) is 1.61. The van der Waals surface area contributed by atoms with Crippen LogP contribution in [0.3, 0.4) is 0 Å². The first kappa shape index (κ1) is 10.7. The summed E-state index contributed by atoms with van der Waals surface area (Å²) in [5.74, 6) is 0. The molecule has 3 heteroatoms. The van der Waals surface area contributed by atoms with Crippen LogP contribution in [0.1, 0.15) is 27.7 Å². The highest BCUT2D eigenvalue weighted by atomic mass is 32.1. The van der Waals surface area contributed by atoms with Crippen LogP contribution in [0, 0.1) is 0 Å². The van der Waals surface area contributed by atoms with Gasteiger partial charge in [-0.05, 0) is 39.9 Å². The third-order valence-electron chi connectivity index (χ3n) is 1.51. The molecule has 1 N–H and O–H groups in total. The fraction of sp³-hybridized carbons (Fsp3) is 0.875. The van der Waals surface area contributed by atoms with Crippen molar-refractivity contribution in [2.75, 3.05) is 7.05 Å². The molecular formula is C8H18N2S. The van der Waals surface area contributed by atoms with Gasteiger partial charge in [-0.1, -0.05) is 0 Å². The molecule has 0 unspecified atom stereocenters. The van der Waals surface area contributed by atoms with Crippen molar-refractivity contribution in [3.8, 4) is 0 Å². The van der Waals surface area contributed by atoms with Crippen molar-refractivity contribution in [2.24, 2.45) is 0 Å². The van der Waals surface area contributed by atoms with E-state index >= 15 is 0 Å². The summed E-state index contributed by atoms with van der Waals surface area (Å²) in [5, 5.41) is 4.01. The van der Waals surface area contributed by atoms with Crippen molar-refractivity contribution in [1.29, 1.82) is 0 Å². The lowest BCUT2D eigenvalue weighted by molar-refractivity contribution is 0.406. The molecule has 0 aliphatic carbocycles. The number of hydrogen-bond acceptors (Lipinski definition) is 1. The van der Waals surface area contributed by atoms with E-state index in [1.165, 1.54) is 0 Å². The van der Waals surface area contributed by atoms with Gasteiger partial charge in [-0.3, -0.25) is 0 Å². The van der Waals surface area contributed by atoms with E-state index in [9.17, 15) is 0 Å². The van der Waals surface area contributed by atoms with Gasteiger partial charge >= 0.3 is 0 Å². The molecule has 0 aliphatic rings. The largest absolute Gasteiger partial charge is 0.360 e. The molecule has 0 heterocycles. The van der Waals surface area contributed by atoms with E-state index in [1.54, 1.807) is 0 Å². The average molecular weight is 174 g/mol. The molecule has 0 spiro atoms. The zero-order valence-corrected chi connectivity index (χ0v) is 8.83. The van der Waals surface area contributed by atoms with Gasteiger partial charge in [0.2, 0.25) is 0 Å². The quantitative estimate of drug-likeness (QED) is 0.640. The van der Waals surface area contributed by atoms with Crippen LogP contribution in [-0.4, -0.2) is 29.1 Å². The SMILES string of the molecule is CC(C)NC(=S)N(C)C(C)C. The molecule has 0 radical (unpaired) electrons. The van der Waals surface area contributed by atoms with Crippen LogP contribution in [0.5, 0.6) is 0 Å². The van der Waals surface area contributed by atoms with Crippen LogP contribution >= 0.6 is 12.2 Å². The maximum atomic E-state index is 5.14. The van der Waals surface area contributed by atoms with Crippen molar-refractivity contribution < 1.29 is 0 Å². The van der Waals surface area contributed by atoms with E-state index in [-0.39, 0.29) is 0 Å². The number of rotatable bonds is 2. The molecule has 11 heavy (non-hydrogen) atoms. The Morgan fingerprint density at radius 2 is 1.73 bits per heavy atom. The van der Waals surface area contributed by atoms with E-state index in [0.717, 1.165) is 5.11 Å². The maximum absolute atomic E-state index is 5.14. The molecule has 0 rings (SSSR count). The minimum atomic E-state index is 0.420. The smallest absolute Gasteiger partial charge is 0.169 e. The lowest BCUT2D eigenvalue weighted by atomic mass is 10.3. The zero-order valence-electron chi connectivity index (χ0n) is 8.01. The third kappa shape index (κ3) is 4.19. The summed E-state index contributed by atoms with van der Waals surface area (Å²) in [5.41, 5.74) is 0. The molecule has 0 bridgehead atoms.